The van der Waals surface area contributed by atoms with Gasteiger partial charge in [0.05, 0.1) is 10.9 Å². The standard InChI is InChI=1S/C14H23N3O3S/c1-11(14(18)16(3)4)17(5)10-12-6-8-13(9-7-12)21(19,20)15-2/h6-9,11,15H,10H2,1-5H3. The molecule has 0 radical (unpaired) electrons. The number of carbonyl (C=O) groups is 1. The highest BCUT2D eigenvalue weighted by Gasteiger charge is 2.19. The molecule has 0 aliphatic carbocycles. The number of likely N-dealkylation sites (N-methyl/N-ethyl adjacent to an activating group) is 2. The van der Waals surface area contributed by atoms with Gasteiger partial charge in [-0.3, -0.25) is 9.69 Å². The van der Waals surface area contributed by atoms with E-state index in [1.54, 1.807) is 43.3 Å². The van der Waals surface area contributed by atoms with Crippen molar-refractivity contribution >= 4 is 15.9 Å². The highest BCUT2D eigenvalue weighted by molar-refractivity contribution is 7.89. The fourth-order valence-electron chi connectivity index (χ4n) is 1.88. The van der Waals surface area contributed by atoms with E-state index in [9.17, 15) is 13.2 Å². The van der Waals surface area contributed by atoms with E-state index in [1.165, 1.54) is 7.05 Å². The van der Waals surface area contributed by atoms with E-state index < -0.39 is 10.0 Å². The lowest BCUT2D eigenvalue weighted by Crippen LogP contribution is -2.42. The van der Waals surface area contributed by atoms with Crippen molar-refractivity contribution in [1.29, 1.82) is 0 Å². The van der Waals surface area contributed by atoms with Crippen LogP contribution in [0.4, 0.5) is 0 Å². The Hall–Kier alpha value is -1.44. The van der Waals surface area contributed by atoms with E-state index in [0.29, 0.717) is 6.54 Å². The lowest BCUT2D eigenvalue weighted by Gasteiger charge is -2.26. The molecule has 0 fully saturated rings. The molecule has 0 spiro atoms. The molecule has 1 amide bonds. The molecule has 0 aliphatic heterocycles. The maximum atomic E-state index is 11.9. The fraction of sp³-hybridized carbons (Fsp3) is 0.500. The van der Waals surface area contributed by atoms with Crippen LogP contribution in [0.1, 0.15) is 12.5 Å². The van der Waals surface area contributed by atoms with Gasteiger partial charge < -0.3 is 4.90 Å². The monoisotopic (exact) mass is 313 g/mol. The van der Waals surface area contributed by atoms with Gasteiger partial charge in [-0.2, -0.15) is 0 Å². The summed E-state index contributed by atoms with van der Waals surface area (Å²) in [4.78, 5) is 15.6. The van der Waals surface area contributed by atoms with Gasteiger partial charge in [0, 0.05) is 20.6 Å². The van der Waals surface area contributed by atoms with Crippen LogP contribution >= 0.6 is 0 Å². The Morgan fingerprint density at radius 2 is 1.71 bits per heavy atom. The number of hydrogen-bond donors (Lipinski definition) is 1. The Bertz CT molecular complexity index is 582. The highest BCUT2D eigenvalue weighted by Crippen LogP contribution is 2.12. The maximum Gasteiger partial charge on any atom is 0.240 e. The molecule has 1 N–H and O–H groups in total. The third-order valence-electron chi connectivity index (χ3n) is 3.39. The molecular weight excluding hydrogens is 290 g/mol. The van der Waals surface area contributed by atoms with Crippen LogP contribution in [-0.4, -0.2) is 58.4 Å². The molecule has 0 aliphatic rings. The van der Waals surface area contributed by atoms with Crippen LogP contribution in [0.15, 0.2) is 29.2 Å². The first kappa shape index (κ1) is 17.6. The summed E-state index contributed by atoms with van der Waals surface area (Å²) in [5, 5.41) is 0. The number of carbonyl (C=O) groups excluding carboxylic acids is 1. The van der Waals surface area contributed by atoms with Gasteiger partial charge in [0.15, 0.2) is 0 Å². The zero-order valence-electron chi connectivity index (χ0n) is 13.1. The van der Waals surface area contributed by atoms with Crippen LogP contribution in [0.3, 0.4) is 0 Å². The van der Waals surface area contributed by atoms with E-state index in [2.05, 4.69) is 4.72 Å². The fourth-order valence-corrected chi connectivity index (χ4v) is 2.61. The minimum absolute atomic E-state index is 0.0341. The van der Waals surface area contributed by atoms with E-state index in [-0.39, 0.29) is 16.8 Å². The van der Waals surface area contributed by atoms with Gasteiger partial charge in [-0.1, -0.05) is 12.1 Å². The van der Waals surface area contributed by atoms with Crippen LogP contribution in [0.2, 0.25) is 0 Å². The topological polar surface area (TPSA) is 69.7 Å². The molecule has 0 saturated heterocycles. The molecule has 118 valence electrons. The number of sulfonamides is 1. The Balaban J connectivity index is 2.79. The SMILES string of the molecule is CNS(=O)(=O)c1ccc(CN(C)C(C)C(=O)N(C)C)cc1. The zero-order valence-corrected chi connectivity index (χ0v) is 13.9. The normalized spacial score (nSPS) is 13.2. The molecule has 0 heterocycles. The summed E-state index contributed by atoms with van der Waals surface area (Å²) in [7, 11) is 3.29. The zero-order chi connectivity index (χ0) is 16.2. The number of amides is 1. The average molecular weight is 313 g/mol. The third-order valence-corrected chi connectivity index (χ3v) is 4.82. The van der Waals surface area contributed by atoms with Crippen LogP contribution in [-0.2, 0) is 21.4 Å². The first-order chi connectivity index (χ1) is 9.69. The Kier molecular flexibility index (Phi) is 5.88. The smallest absolute Gasteiger partial charge is 0.240 e. The third kappa shape index (κ3) is 4.52. The summed E-state index contributed by atoms with van der Waals surface area (Å²) in [6.45, 7) is 2.42. The summed E-state index contributed by atoms with van der Waals surface area (Å²) in [5.41, 5.74) is 0.950. The first-order valence-corrected chi connectivity index (χ1v) is 8.11. The summed E-state index contributed by atoms with van der Waals surface area (Å²) in [6, 6.07) is 6.41. The number of nitrogens with zero attached hydrogens (tertiary/aromatic N) is 2. The van der Waals surface area contributed by atoms with Crippen LogP contribution in [0.25, 0.3) is 0 Å². The predicted molar refractivity (Wildman–Crippen MR) is 82.3 cm³/mol. The second kappa shape index (κ2) is 7.02. The molecule has 1 rings (SSSR count). The Labute approximate surface area is 126 Å². The molecule has 0 bridgehead atoms. The molecule has 6 nitrogen and oxygen atoms in total. The van der Waals surface area contributed by atoms with Gasteiger partial charge in [-0.15, -0.1) is 0 Å². The lowest BCUT2D eigenvalue weighted by molar-refractivity contribution is -0.133. The van der Waals surface area contributed by atoms with E-state index in [1.807, 2.05) is 18.9 Å². The summed E-state index contributed by atoms with van der Waals surface area (Å²) >= 11 is 0. The van der Waals surface area contributed by atoms with Crippen LogP contribution in [0.5, 0.6) is 0 Å². The van der Waals surface area contributed by atoms with Crippen molar-refractivity contribution in [3.8, 4) is 0 Å². The quantitative estimate of drug-likeness (QED) is 0.830. The van der Waals surface area contributed by atoms with Gasteiger partial charge in [0.1, 0.15) is 0 Å². The van der Waals surface area contributed by atoms with Gasteiger partial charge in [-0.25, -0.2) is 13.1 Å². The molecule has 1 unspecified atom stereocenters. The highest BCUT2D eigenvalue weighted by atomic mass is 32.2. The van der Waals surface area contributed by atoms with Gasteiger partial charge in [0.25, 0.3) is 0 Å². The molecule has 1 aromatic carbocycles. The van der Waals surface area contributed by atoms with Crippen LogP contribution in [0, 0.1) is 0 Å². The lowest BCUT2D eigenvalue weighted by atomic mass is 10.2. The molecular formula is C14H23N3O3S. The van der Waals surface area contributed by atoms with Crippen LogP contribution < -0.4 is 4.72 Å². The van der Waals surface area contributed by atoms with Gasteiger partial charge in [0.2, 0.25) is 15.9 Å². The number of nitrogens with one attached hydrogen (secondary N) is 1. The molecule has 1 aromatic rings. The Morgan fingerprint density at radius 1 is 1.19 bits per heavy atom. The largest absolute Gasteiger partial charge is 0.347 e. The molecule has 0 aromatic heterocycles. The number of rotatable bonds is 6. The second-order valence-corrected chi connectivity index (χ2v) is 7.06. The van der Waals surface area contributed by atoms with Crippen molar-refractivity contribution in [3.63, 3.8) is 0 Å². The van der Waals surface area contributed by atoms with Crippen molar-refractivity contribution in [2.45, 2.75) is 24.4 Å². The van der Waals surface area contributed by atoms with Gasteiger partial charge >= 0.3 is 0 Å². The second-order valence-electron chi connectivity index (χ2n) is 5.18. The Morgan fingerprint density at radius 3 is 2.14 bits per heavy atom. The van der Waals surface area contributed by atoms with E-state index in [0.717, 1.165) is 5.56 Å². The molecule has 7 heteroatoms. The summed E-state index contributed by atoms with van der Waals surface area (Å²) in [5.74, 6) is 0.0341. The molecule has 0 saturated carbocycles. The van der Waals surface area contributed by atoms with E-state index in [4.69, 9.17) is 0 Å². The maximum absolute atomic E-state index is 11.9. The number of hydrogen-bond acceptors (Lipinski definition) is 4. The summed E-state index contributed by atoms with van der Waals surface area (Å²) in [6.07, 6.45) is 0. The van der Waals surface area contributed by atoms with Crippen molar-refractivity contribution in [2.75, 3.05) is 28.2 Å². The molecule has 1 atom stereocenters. The minimum atomic E-state index is -3.41. The van der Waals surface area contributed by atoms with Crippen molar-refractivity contribution in [2.24, 2.45) is 0 Å². The van der Waals surface area contributed by atoms with Gasteiger partial charge in [-0.05, 0) is 38.7 Å². The first-order valence-electron chi connectivity index (χ1n) is 6.63. The van der Waals surface area contributed by atoms with Crippen molar-refractivity contribution in [3.05, 3.63) is 29.8 Å². The van der Waals surface area contributed by atoms with E-state index >= 15 is 0 Å². The average Bonchev–Trinajstić information content (AvgIpc) is 2.46. The summed E-state index contributed by atoms with van der Waals surface area (Å²) < 4.78 is 25.5. The molecule has 21 heavy (non-hydrogen) atoms. The predicted octanol–water partition coefficient (Wildman–Crippen LogP) is 0.503. The van der Waals surface area contributed by atoms with Crippen molar-refractivity contribution in [1.82, 2.24) is 14.5 Å². The minimum Gasteiger partial charge on any atom is -0.347 e. The number of benzene rings is 1. The van der Waals surface area contributed by atoms with Crippen molar-refractivity contribution < 1.29 is 13.2 Å².